The predicted octanol–water partition coefficient (Wildman–Crippen LogP) is 2.47. The lowest BCUT2D eigenvalue weighted by Gasteiger charge is -2.32. The Kier molecular flexibility index (Phi) is 5.61. The van der Waals surface area contributed by atoms with E-state index < -0.39 is 0 Å². The maximum atomic E-state index is 12.1. The fourth-order valence-electron chi connectivity index (χ4n) is 3.50. The van der Waals surface area contributed by atoms with E-state index >= 15 is 0 Å². The van der Waals surface area contributed by atoms with Crippen LogP contribution < -0.4 is 15.4 Å². The lowest BCUT2D eigenvalue weighted by Crippen LogP contribution is -2.48. The quantitative estimate of drug-likeness (QED) is 0.842. The van der Waals surface area contributed by atoms with Crippen LogP contribution in [0.2, 0.25) is 0 Å². The fraction of sp³-hybridized carbons (Fsp3) is 0.632. The van der Waals surface area contributed by atoms with Crippen LogP contribution in [0.3, 0.4) is 0 Å². The Morgan fingerprint density at radius 3 is 2.67 bits per heavy atom. The highest BCUT2D eigenvalue weighted by Gasteiger charge is 2.32. The summed E-state index contributed by atoms with van der Waals surface area (Å²) in [6.45, 7) is 4.93. The third-order valence-electron chi connectivity index (χ3n) is 5.04. The van der Waals surface area contributed by atoms with Gasteiger partial charge in [-0.15, -0.1) is 0 Å². The number of amides is 2. The Bertz CT molecular complexity index is 564. The van der Waals surface area contributed by atoms with Gasteiger partial charge in [-0.3, -0.25) is 0 Å². The van der Waals surface area contributed by atoms with E-state index in [1.165, 1.54) is 18.4 Å². The minimum atomic E-state index is -0.0495. The van der Waals surface area contributed by atoms with Crippen LogP contribution in [0.4, 0.5) is 4.79 Å². The number of benzene rings is 1. The summed E-state index contributed by atoms with van der Waals surface area (Å²) in [7, 11) is 1.68. The van der Waals surface area contributed by atoms with E-state index in [-0.39, 0.29) is 6.03 Å². The maximum Gasteiger partial charge on any atom is 0.315 e. The number of hydrogen-bond acceptors (Lipinski definition) is 3. The van der Waals surface area contributed by atoms with Crippen molar-refractivity contribution in [1.29, 1.82) is 0 Å². The number of carbonyl (C=O) groups is 1. The molecule has 24 heavy (non-hydrogen) atoms. The van der Waals surface area contributed by atoms with E-state index in [1.54, 1.807) is 7.11 Å². The van der Waals surface area contributed by atoms with E-state index in [2.05, 4.69) is 28.5 Å². The largest absolute Gasteiger partial charge is 0.496 e. The molecule has 1 aliphatic heterocycles. The summed E-state index contributed by atoms with van der Waals surface area (Å²) in [5, 5.41) is 6.09. The predicted molar refractivity (Wildman–Crippen MR) is 95.6 cm³/mol. The number of hydrogen-bond donors (Lipinski definition) is 2. The molecule has 1 aromatic rings. The molecule has 5 nitrogen and oxygen atoms in total. The van der Waals surface area contributed by atoms with Gasteiger partial charge >= 0.3 is 6.03 Å². The first-order chi connectivity index (χ1) is 11.7. The van der Waals surface area contributed by atoms with Crippen LogP contribution in [-0.4, -0.2) is 49.8 Å². The SMILES string of the molecule is COc1ccc(C)cc1CCNC(=O)NC1CCN(C2CC2)CC1. The number of methoxy groups -OCH3 is 1. The molecule has 1 aliphatic carbocycles. The van der Waals surface area contributed by atoms with Gasteiger partial charge in [0.15, 0.2) is 0 Å². The second-order valence-electron chi connectivity index (χ2n) is 7.01. The highest BCUT2D eigenvalue weighted by Crippen LogP contribution is 2.29. The van der Waals surface area contributed by atoms with Crippen LogP contribution in [0.25, 0.3) is 0 Å². The number of nitrogens with one attached hydrogen (secondary N) is 2. The fourth-order valence-corrected chi connectivity index (χ4v) is 3.50. The van der Waals surface area contributed by atoms with Crippen LogP contribution in [0.5, 0.6) is 5.75 Å². The van der Waals surface area contributed by atoms with Crippen molar-refractivity contribution in [3.05, 3.63) is 29.3 Å². The zero-order valence-corrected chi connectivity index (χ0v) is 14.8. The van der Waals surface area contributed by atoms with E-state index in [1.807, 2.05) is 12.1 Å². The molecule has 2 amide bonds. The van der Waals surface area contributed by atoms with Gasteiger partial charge in [0.2, 0.25) is 0 Å². The monoisotopic (exact) mass is 331 g/mol. The standard InChI is InChI=1S/C19H29N3O2/c1-14-3-6-18(24-2)15(13-14)7-10-20-19(23)21-16-8-11-22(12-9-16)17-4-5-17/h3,6,13,16-17H,4-5,7-12H2,1-2H3,(H2,20,21,23). The minimum absolute atomic E-state index is 0.0495. The highest BCUT2D eigenvalue weighted by atomic mass is 16.5. The van der Waals surface area contributed by atoms with Crippen molar-refractivity contribution in [1.82, 2.24) is 15.5 Å². The van der Waals surface area contributed by atoms with Gasteiger partial charge in [0.05, 0.1) is 7.11 Å². The first kappa shape index (κ1) is 17.1. The third kappa shape index (κ3) is 4.63. The first-order valence-corrected chi connectivity index (χ1v) is 9.07. The molecule has 5 heteroatoms. The van der Waals surface area contributed by atoms with Crippen molar-refractivity contribution in [3.8, 4) is 5.75 Å². The lowest BCUT2D eigenvalue weighted by atomic mass is 10.1. The summed E-state index contributed by atoms with van der Waals surface area (Å²) in [6.07, 6.45) is 5.63. The molecule has 1 saturated carbocycles. The van der Waals surface area contributed by atoms with Crippen molar-refractivity contribution >= 4 is 6.03 Å². The molecule has 2 aliphatic rings. The summed E-state index contributed by atoms with van der Waals surface area (Å²) >= 11 is 0. The number of aryl methyl sites for hydroxylation is 1. The summed E-state index contributed by atoms with van der Waals surface area (Å²) < 4.78 is 5.38. The van der Waals surface area contributed by atoms with E-state index in [0.717, 1.165) is 49.7 Å². The normalized spacial score (nSPS) is 19.1. The van der Waals surface area contributed by atoms with E-state index in [0.29, 0.717) is 12.6 Å². The lowest BCUT2D eigenvalue weighted by molar-refractivity contribution is 0.186. The molecule has 1 heterocycles. The average Bonchev–Trinajstić information content (AvgIpc) is 3.41. The third-order valence-corrected chi connectivity index (χ3v) is 5.04. The van der Waals surface area contributed by atoms with E-state index in [4.69, 9.17) is 4.74 Å². The molecule has 0 radical (unpaired) electrons. The summed E-state index contributed by atoms with van der Waals surface area (Å²) in [5.41, 5.74) is 2.34. The molecule has 0 unspecified atom stereocenters. The summed E-state index contributed by atoms with van der Waals surface area (Å²) in [4.78, 5) is 14.7. The van der Waals surface area contributed by atoms with Gasteiger partial charge in [0, 0.05) is 31.7 Å². The van der Waals surface area contributed by atoms with Gasteiger partial charge in [0.25, 0.3) is 0 Å². The average molecular weight is 331 g/mol. The molecule has 0 aromatic heterocycles. The van der Waals surface area contributed by atoms with Crippen molar-refractivity contribution in [2.24, 2.45) is 0 Å². The number of piperidine rings is 1. The van der Waals surface area contributed by atoms with E-state index in [9.17, 15) is 4.79 Å². The van der Waals surface area contributed by atoms with Gasteiger partial charge in [-0.1, -0.05) is 17.7 Å². The van der Waals surface area contributed by atoms with Crippen molar-refractivity contribution in [2.45, 2.75) is 51.1 Å². The van der Waals surface area contributed by atoms with Gasteiger partial charge in [-0.2, -0.15) is 0 Å². The number of likely N-dealkylation sites (tertiary alicyclic amines) is 1. The van der Waals surface area contributed by atoms with Gasteiger partial charge < -0.3 is 20.3 Å². The minimum Gasteiger partial charge on any atom is -0.496 e. The van der Waals surface area contributed by atoms with Gasteiger partial charge in [-0.25, -0.2) is 4.79 Å². The topological polar surface area (TPSA) is 53.6 Å². The molecule has 0 bridgehead atoms. The Labute approximate surface area is 144 Å². The van der Waals surface area contributed by atoms with Crippen LogP contribution in [-0.2, 0) is 6.42 Å². The number of carbonyl (C=O) groups excluding carboxylic acids is 1. The molecule has 2 N–H and O–H groups in total. The Morgan fingerprint density at radius 2 is 2.00 bits per heavy atom. The van der Waals surface area contributed by atoms with Crippen LogP contribution >= 0.6 is 0 Å². The second-order valence-corrected chi connectivity index (χ2v) is 7.01. The zero-order valence-electron chi connectivity index (χ0n) is 14.8. The Hall–Kier alpha value is -1.75. The number of ether oxygens (including phenoxy) is 1. The smallest absolute Gasteiger partial charge is 0.315 e. The summed E-state index contributed by atoms with van der Waals surface area (Å²) in [6, 6.07) is 7.24. The molecule has 1 aromatic carbocycles. The second kappa shape index (κ2) is 7.88. The zero-order chi connectivity index (χ0) is 16.9. The molecular weight excluding hydrogens is 302 g/mol. The van der Waals surface area contributed by atoms with Crippen molar-refractivity contribution in [2.75, 3.05) is 26.7 Å². The summed E-state index contributed by atoms with van der Waals surface area (Å²) in [5.74, 6) is 0.884. The van der Waals surface area contributed by atoms with Crippen molar-refractivity contribution < 1.29 is 9.53 Å². The molecule has 0 atom stereocenters. The number of nitrogens with zero attached hydrogens (tertiary/aromatic N) is 1. The first-order valence-electron chi connectivity index (χ1n) is 9.07. The van der Waals surface area contributed by atoms with Crippen LogP contribution in [0, 0.1) is 6.92 Å². The maximum absolute atomic E-state index is 12.1. The molecule has 3 rings (SSSR count). The Balaban J connectivity index is 1.37. The highest BCUT2D eigenvalue weighted by molar-refractivity contribution is 5.74. The molecule has 2 fully saturated rings. The van der Waals surface area contributed by atoms with Crippen LogP contribution in [0.15, 0.2) is 18.2 Å². The Morgan fingerprint density at radius 1 is 1.25 bits per heavy atom. The molecule has 0 spiro atoms. The number of rotatable bonds is 6. The molecule has 132 valence electrons. The van der Waals surface area contributed by atoms with Crippen LogP contribution in [0.1, 0.15) is 36.8 Å². The molecule has 1 saturated heterocycles. The molecular formula is C19H29N3O2. The van der Waals surface area contributed by atoms with Gasteiger partial charge in [-0.05, 0) is 50.7 Å². The van der Waals surface area contributed by atoms with Crippen molar-refractivity contribution in [3.63, 3.8) is 0 Å². The number of urea groups is 1. The van der Waals surface area contributed by atoms with Gasteiger partial charge in [0.1, 0.15) is 5.75 Å².